The monoisotopic (exact) mass is 370 g/mol. The molecule has 0 saturated heterocycles. The number of fused-ring (bicyclic) bond motifs is 1. The van der Waals surface area contributed by atoms with Crippen LogP contribution < -0.4 is 0 Å². The quantitative estimate of drug-likeness (QED) is 0.342. The first-order chi connectivity index (χ1) is 14.3. The summed E-state index contributed by atoms with van der Waals surface area (Å²) in [7, 11) is 0. The lowest BCUT2D eigenvalue weighted by Gasteiger charge is -2.09. The van der Waals surface area contributed by atoms with Crippen molar-refractivity contribution in [1.82, 2.24) is 4.57 Å². The lowest BCUT2D eigenvalue weighted by Crippen LogP contribution is -1.92. The average Bonchev–Trinajstić information content (AvgIpc) is 3.23. The van der Waals surface area contributed by atoms with Crippen molar-refractivity contribution < 1.29 is 0 Å². The normalized spacial score (nSPS) is 10.7. The van der Waals surface area contributed by atoms with Crippen LogP contribution in [0.15, 0.2) is 109 Å². The summed E-state index contributed by atoms with van der Waals surface area (Å²) < 4.78 is 2.20. The molecule has 0 saturated carbocycles. The van der Waals surface area contributed by atoms with Crippen LogP contribution in [0.3, 0.4) is 0 Å². The summed E-state index contributed by atoms with van der Waals surface area (Å²) in [6.07, 6.45) is 2.10. The molecule has 0 bridgehead atoms. The number of hydrogen-bond donors (Lipinski definition) is 0. The van der Waals surface area contributed by atoms with Crippen molar-refractivity contribution >= 4 is 10.9 Å². The van der Waals surface area contributed by atoms with E-state index in [0.717, 1.165) is 27.7 Å². The summed E-state index contributed by atoms with van der Waals surface area (Å²) in [6.45, 7) is 0. The Balaban J connectivity index is 1.53. The minimum absolute atomic E-state index is 0.697. The summed E-state index contributed by atoms with van der Waals surface area (Å²) in [5.74, 6) is 0. The lowest BCUT2D eigenvalue weighted by molar-refractivity contribution is 1.13. The van der Waals surface area contributed by atoms with E-state index in [1.807, 2.05) is 30.3 Å². The average molecular weight is 370 g/mol. The molecule has 0 atom stereocenters. The van der Waals surface area contributed by atoms with Crippen LogP contribution in [-0.2, 0) is 0 Å². The molecule has 136 valence electrons. The number of benzene rings is 4. The highest BCUT2D eigenvalue weighted by Crippen LogP contribution is 2.29. The molecule has 0 amide bonds. The molecule has 2 heteroatoms. The third-order valence-corrected chi connectivity index (χ3v) is 5.30. The van der Waals surface area contributed by atoms with Gasteiger partial charge in [0, 0.05) is 17.3 Å². The van der Waals surface area contributed by atoms with Crippen LogP contribution in [0, 0.1) is 11.3 Å². The van der Waals surface area contributed by atoms with Crippen LogP contribution in [0.4, 0.5) is 0 Å². The molecule has 0 fully saturated rings. The molecular formula is C27H18N2. The van der Waals surface area contributed by atoms with Gasteiger partial charge in [0.05, 0.1) is 17.1 Å². The molecule has 5 aromatic rings. The third-order valence-electron chi connectivity index (χ3n) is 5.30. The highest BCUT2D eigenvalue weighted by Gasteiger charge is 2.08. The van der Waals surface area contributed by atoms with Crippen molar-refractivity contribution in [3.63, 3.8) is 0 Å². The fraction of sp³-hybridized carbons (Fsp3) is 0. The van der Waals surface area contributed by atoms with Gasteiger partial charge < -0.3 is 4.57 Å². The molecule has 1 aromatic heterocycles. The van der Waals surface area contributed by atoms with Gasteiger partial charge >= 0.3 is 0 Å². The number of nitrogens with zero attached hydrogens (tertiary/aromatic N) is 2. The first-order valence-corrected chi connectivity index (χ1v) is 9.60. The Morgan fingerprint density at radius 1 is 0.621 bits per heavy atom. The molecule has 1 heterocycles. The van der Waals surface area contributed by atoms with Gasteiger partial charge in [0.15, 0.2) is 0 Å². The SMILES string of the molecule is N#Cc1ccccc1-c1ccc2c(ccn2-c2ccc(-c3ccccc3)cc2)c1. The Morgan fingerprint density at radius 3 is 2.10 bits per heavy atom. The van der Waals surface area contributed by atoms with Gasteiger partial charge in [0.1, 0.15) is 0 Å². The summed E-state index contributed by atoms with van der Waals surface area (Å²) in [4.78, 5) is 0. The van der Waals surface area contributed by atoms with E-state index in [-0.39, 0.29) is 0 Å². The van der Waals surface area contributed by atoms with Crippen molar-refractivity contribution in [1.29, 1.82) is 5.26 Å². The first kappa shape index (κ1) is 17.0. The Labute approximate surface area is 169 Å². The highest BCUT2D eigenvalue weighted by atomic mass is 15.0. The van der Waals surface area contributed by atoms with E-state index >= 15 is 0 Å². The van der Waals surface area contributed by atoms with Gasteiger partial charge in [-0.3, -0.25) is 0 Å². The van der Waals surface area contributed by atoms with Gasteiger partial charge in [-0.15, -0.1) is 0 Å². The Kier molecular flexibility index (Phi) is 4.20. The van der Waals surface area contributed by atoms with Crippen molar-refractivity contribution in [2.75, 3.05) is 0 Å². The van der Waals surface area contributed by atoms with Gasteiger partial charge in [-0.25, -0.2) is 0 Å². The molecule has 0 unspecified atom stereocenters. The maximum absolute atomic E-state index is 9.40. The fourth-order valence-electron chi connectivity index (χ4n) is 3.81. The number of nitriles is 1. The van der Waals surface area contributed by atoms with E-state index in [9.17, 15) is 5.26 Å². The minimum atomic E-state index is 0.697. The molecule has 29 heavy (non-hydrogen) atoms. The molecule has 5 rings (SSSR count). The van der Waals surface area contributed by atoms with Crippen molar-refractivity contribution in [3.05, 3.63) is 115 Å². The van der Waals surface area contributed by atoms with E-state index in [1.54, 1.807) is 0 Å². The second-order valence-electron chi connectivity index (χ2n) is 7.03. The maximum atomic E-state index is 9.40. The molecule has 0 aliphatic carbocycles. The van der Waals surface area contributed by atoms with Gasteiger partial charge in [-0.2, -0.15) is 5.26 Å². The molecule has 0 radical (unpaired) electrons. The molecule has 0 spiro atoms. The molecule has 4 aromatic carbocycles. The predicted octanol–water partition coefficient (Wildman–Crippen LogP) is 6.84. The van der Waals surface area contributed by atoms with E-state index in [1.165, 1.54) is 11.1 Å². The van der Waals surface area contributed by atoms with Crippen molar-refractivity contribution in [2.24, 2.45) is 0 Å². The van der Waals surface area contributed by atoms with Gasteiger partial charge in [0.25, 0.3) is 0 Å². The number of aromatic nitrogens is 1. The second-order valence-corrected chi connectivity index (χ2v) is 7.03. The summed E-state index contributed by atoms with van der Waals surface area (Å²) >= 11 is 0. The van der Waals surface area contributed by atoms with Crippen LogP contribution in [-0.4, -0.2) is 4.57 Å². The Bertz CT molecular complexity index is 1340. The Hall–Kier alpha value is -4.09. The van der Waals surface area contributed by atoms with Crippen LogP contribution >= 0.6 is 0 Å². The summed E-state index contributed by atoms with van der Waals surface area (Å²) in [5.41, 5.74) is 7.44. The van der Waals surface area contributed by atoms with Crippen molar-refractivity contribution in [2.45, 2.75) is 0 Å². The summed E-state index contributed by atoms with van der Waals surface area (Å²) in [6, 6.07) is 37.5. The molecular weight excluding hydrogens is 352 g/mol. The van der Waals surface area contributed by atoms with Crippen LogP contribution in [0.5, 0.6) is 0 Å². The number of hydrogen-bond acceptors (Lipinski definition) is 1. The standard InChI is InChI=1S/C27H18N2/c28-19-24-8-4-5-9-26(24)22-12-15-27-23(18-22)16-17-29(27)25-13-10-21(11-14-25)20-6-2-1-3-7-20/h1-18H. The molecule has 0 N–H and O–H groups in total. The fourth-order valence-corrected chi connectivity index (χ4v) is 3.81. The van der Waals surface area contributed by atoms with Crippen LogP contribution in [0.2, 0.25) is 0 Å². The zero-order valence-electron chi connectivity index (χ0n) is 15.8. The highest BCUT2D eigenvalue weighted by molar-refractivity contribution is 5.88. The second kappa shape index (κ2) is 7.14. The predicted molar refractivity (Wildman–Crippen MR) is 119 cm³/mol. The van der Waals surface area contributed by atoms with Crippen LogP contribution in [0.1, 0.15) is 5.56 Å². The van der Waals surface area contributed by atoms with Crippen molar-refractivity contribution in [3.8, 4) is 34.0 Å². The van der Waals surface area contributed by atoms with E-state index in [2.05, 4.69) is 89.6 Å². The van der Waals surface area contributed by atoms with Gasteiger partial charge in [-0.05, 0) is 58.7 Å². The van der Waals surface area contributed by atoms with E-state index < -0.39 is 0 Å². The van der Waals surface area contributed by atoms with Gasteiger partial charge in [-0.1, -0.05) is 66.7 Å². The maximum Gasteiger partial charge on any atom is 0.0998 e. The Morgan fingerprint density at radius 2 is 1.31 bits per heavy atom. The largest absolute Gasteiger partial charge is 0.317 e. The molecule has 0 aliphatic rings. The molecule has 2 nitrogen and oxygen atoms in total. The zero-order valence-corrected chi connectivity index (χ0v) is 15.8. The van der Waals surface area contributed by atoms with E-state index in [4.69, 9.17) is 0 Å². The van der Waals surface area contributed by atoms with Crippen LogP contribution in [0.25, 0.3) is 38.8 Å². The minimum Gasteiger partial charge on any atom is -0.317 e. The smallest absolute Gasteiger partial charge is 0.0998 e. The lowest BCUT2D eigenvalue weighted by atomic mass is 9.99. The first-order valence-electron chi connectivity index (χ1n) is 9.60. The topological polar surface area (TPSA) is 28.7 Å². The third kappa shape index (κ3) is 3.09. The van der Waals surface area contributed by atoms with Gasteiger partial charge in [0.2, 0.25) is 0 Å². The molecule has 0 aliphatic heterocycles. The number of rotatable bonds is 3. The zero-order chi connectivity index (χ0) is 19.6. The summed E-state index contributed by atoms with van der Waals surface area (Å²) in [5, 5.41) is 10.6. The van der Waals surface area contributed by atoms with E-state index in [0.29, 0.717) is 5.56 Å².